The zero-order chi connectivity index (χ0) is 15.6. The molecule has 0 radical (unpaired) electrons. The fourth-order valence-corrected chi connectivity index (χ4v) is 3.39. The van der Waals surface area contributed by atoms with Crippen molar-refractivity contribution in [1.82, 2.24) is 10.2 Å². The molecule has 1 rings (SSSR count). The minimum atomic E-state index is -0.341. The van der Waals surface area contributed by atoms with Crippen LogP contribution in [0.15, 0.2) is 0 Å². The van der Waals surface area contributed by atoms with Crippen molar-refractivity contribution in [3.8, 4) is 6.07 Å². The molecular formula is C18H35N3. The first-order valence-corrected chi connectivity index (χ1v) is 9.02. The Morgan fingerprint density at radius 2 is 2.05 bits per heavy atom. The lowest BCUT2D eigenvalue weighted by Crippen LogP contribution is -2.42. The lowest BCUT2D eigenvalue weighted by Gasteiger charge is -2.25. The molecule has 1 aliphatic rings. The van der Waals surface area contributed by atoms with E-state index < -0.39 is 0 Å². The van der Waals surface area contributed by atoms with Gasteiger partial charge in [0.25, 0.3) is 0 Å². The number of nitriles is 1. The van der Waals surface area contributed by atoms with E-state index in [0.717, 1.165) is 38.3 Å². The van der Waals surface area contributed by atoms with Crippen LogP contribution in [0.5, 0.6) is 0 Å². The second-order valence-electron chi connectivity index (χ2n) is 6.90. The van der Waals surface area contributed by atoms with E-state index in [1.807, 2.05) is 6.92 Å². The molecule has 1 aliphatic heterocycles. The molecule has 1 saturated heterocycles. The van der Waals surface area contributed by atoms with E-state index in [4.69, 9.17) is 0 Å². The Balaban J connectivity index is 2.27. The van der Waals surface area contributed by atoms with E-state index in [0.29, 0.717) is 0 Å². The monoisotopic (exact) mass is 293 g/mol. The summed E-state index contributed by atoms with van der Waals surface area (Å²) in [6.07, 6.45) is 10.0. The molecule has 0 saturated carbocycles. The predicted molar refractivity (Wildman–Crippen MR) is 90.2 cm³/mol. The van der Waals surface area contributed by atoms with Crippen molar-refractivity contribution >= 4 is 0 Å². The Labute approximate surface area is 132 Å². The summed E-state index contributed by atoms with van der Waals surface area (Å²) < 4.78 is 0. The van der Waals surface area contributed by atoms with Crippen LogP contribution in [0.2, 0.25) is 0 Å². The van der Waals surface area contributed by atoms with Crippen LogP contribution in [-0.2, 0) is 0 Å². The number of hydrogen-bond acceptors (Lipinski definition) is 3. The molecule has 1 heterocycles. The highest BCUT2D eigenvalue weighted by Crippen LogP contribution is 2.22. The molecule has 122 valence electrons. The van der Waals surface area contributed by atoms with Gasteiger partial charge in [0, 0.05) is 0 Å². The van der Waals surface area contributed by atoms with Crippen LogP contribution in [0, 0.1) is 17.2 Å². The Kier molecular flexibility index (Phi) is 8.96. The molecule has 2 atom stereocenters. The van der Waals surface area contributed by atoms with Crippen LogP contribution in [0.25, 0.3) is 0 Å². The van der Waals surface area contributed by atoms with Gasteiger partial charge < -0.3 is 4.90 Å². The topological polar surface area (TPSA) is 39.1 Å². The number of likely N-dealkylation sites (tertiary alicyclic amines) is 1. The molecule has 0 spiro atoms. The summed E-state index contributed by atoms with van der Waals surface area (Å²) in [5.41, 5.74) is -0.341. The second kappa shape index (κ2) is 10.2. The minimum Gasteiger partial charge on any atom is -0.303 e. The first-order chi connectivity index (χ1) is 10.1. The third kappa shape index (κ3) is 7.29. The fourth-order valence-electron chi connectivity index (χ4n) is 3.39. The SMILES string of the molecule is CCCNC(C)(C#N)CCCN1CCCC(CCC)CC1. The average molecular weight is 293 g/mol. The van der Waals surface area contributed by atoms with Gasteiger partial charge in [-0.15, -0.1) is 0 Å². The van der Waals surface area contributed by atoms with Gasteiger partial charge in [0.2, 0.25) is 0 Å². The van der Waals surface area contributed by atoms with Gasteiger partial charge in [-0.05, 0) is 77.5 Å². The standard InChI is InChI=1S/C18H35N3/c1-4-8-17-9-6-13-21(15-10-17)14-7-11-18(3,16-19)20-12-5-2/h17,20H,4-15H2,1-3H3. The molecule has 0 aromatic heterocycles. The van der Waals surface area contributed by atoms with Crippen LogP contribution in [0.3, 0.4) is 0 Å². The van der Waals surface area contributed by atoms with Gasteiger partial charge >= 0.3 is 0 Å². The first-order valence-electron chi connectivity index (χ1n) is 9.02. The predicted octanol–water partition coefficient (Wildman–Crippen LogP) is 3.95. The summed E-state index contributed by atoms with van der Waals surface area (Å²) in [5, 5.41) is 12.8. The third-order valence-electron chi connectivity index (χ3n) is 4.80. The van der Waals surface area contributed by atoms with E-state index in [1.165, 1.54) is 45.2 Å². The zero-order valence-corrected chi connectivity index (χ0v) is 14.5. The second-order valence-corrected chi connectivity index (χ2v) is 6.90. The van der Waals surface area contributed by atoms with Crippen molar-refractivity contribution in [2.24, 2.45) is 5.92 Å². The molecule has 3 nitrogen and oxygen atoms in total. The van der Waals surface area contributed by atoms with Crippen LogP contribution < -0.4 is 5.32 Å². The van der Waals surface area contributed by atoms with Gasteiger partial charge in [-0.2, -0.15) is 5.26 Å². The fraction of sp³-hybridized carbons (Fsp3) is 0.944. The maximum Gasteiger partial charge on any atom is 0.103 e. The quantitative estimate of drug-likeness (QED) is 0.699. The molecule has 0 aromatic rings. The van der Waals surface area contributed by atoms with Crippen LogP contribution in [0.1, 0.15) is 72.1 Å². The van der Waals surface area contributed by atoms with Gasteiger partial charge in [0.15, 0.2) is 0 Å². The van der Waals surface area contributed by atoms with Gasteiger partial charge in [-0.25, -0.2) is 0 Å². The van der Waals surface area contributed by atoms with Crippen LogP contribution in [-0.4, -0.2) is 36.6 Å². The van der Waals surface area contributed by atoms with E-state index in [2.05, 4.69) is 30.1 Å². The van der Waals surface area contributed by atoms with Crippen molar-refractivity contribution in [2.45, 2.75) is 77.7 Å². The number of nitrogens with one attached hydrogen (secondary N) is 1. The lowest BCUT2D eigenvalue weighted by atomic mass is 9.96. The van der Waals surface area contributed by atoms with Gasteiger partial charge in [0.05, 0.1) is 6.07 Å². The summed E-state index contributed by atoms with van der Waals surface area (Å²) in [6, 6.07) is 2.46. The Morgan fingerprint density at radius 3 is 2.71 bits per heavy atom. The summed E-state index contributed by atoms with van der Waals surface area (Å²) in [4.78, 5) is 2.62. The lowest BCUT2D eigenvalue weighted by molar-refractivity contribution is 0.262. The molecule has 0 aromatic carbocycles. The van der Waals surface area contributed by atoms with E-state index in [9.17, 15) is 5.26 Å². The molecule has 0 bridgehead atoms. The van der Waals surface area contributed by atoms with Gasteiger partial charge in [-0.3, -0.25) is 5.32 Å². The van der Waals surface area contributed by atoms with Crippen molar-refractivity contribution in [3.05, 3.63) is 0 Å². The molecular weight excluding hydrogens is 258 g/mol. The number of hydrogen-bond donors (Lipinski definition) is 1. The van der Waals surface area contributed by atoms with Crippen molar-refractivity contribution in [2.75, 3.05) is 26.2 Å². The molecule has 21 heavy (non-hydrogen) atoms. The van der Waals surface area contributed by atoms with E-state index in [1.54, 1.807) is 0 Å². The highest BCUT2D eigenvalue weighted by atomic mass is 15.1. The molecule has 0 aliphatic carbocycles. The highest BCUT2D eigenvalue weighted by Gasteiger charge is 2.23. The van der Waals surface area contributed by atoms with Gasteiger partial charge in [-0.1, -0.05) is 26.7 Å². The summed E-state index contributed by atoms with van der Waals surface area (Å²) in [5.74, 6) is 0.954. The Morgan fingerprint density at radius 1 is 1.24 bits per heavy atom. The van der Waals surface area contributed by atoms with E-state index in [-0.39, 0.29) is 5.54 Å². The first kappa shape index (κ1) is 18.5. The summed E-state index contributed by atoms with van der Waals surface area (Å²) >= 11 is 0. The minimum absolute atomic E-state index is 0.341. The summed E-state index contributed by atoms with van der Waals surface area (Å²) in [6.45, 7) is 11.1. The average Bonchev–Trinajstić information content (AvgIpc) is 2.71. The highest BCUT2D eigenvalue weighted by molar-refractivity contribution is 5.03. The van der Waals surface area contributed by atoms with Crippen molar-refractivity contribution in [3.63, 3.8) is 0 Å². The molecule has 3 heteroatoms. The largest absolute Gasteiger partial charge is 0.303 e. The Hall–Kier alpha value is -0.590. The van der Waals surface area contributed by atoms with Gasteiger partial charge in [0.1, 0.15) is 5.54 Å². The van der Waals surface area contributed by atoms with Crippen LogP contribution in [0.4, 0.5) is 0 Å². The Bertz CT molecular complexity index is 310. The van der Waals surface area contributed by atoms with Crippen LogP contribution >= 0.6 is 0 Å². The third-order valence-corrected chi connectivity index (χ3v) is 4.80. The van der Waals surface area contributed by atoms with Crippen molar-refractivity contribution < 1.29 is 0 Å². The number of nitrogens with zero attached hydrogens (tertiary/aromatic N) is 2. The summed E-state index contributed by atoms with van der Waals surface area (Å²) in [7, 11) is 0. The zero-order valence-electron chi connectivity index (χ0n) is 14.5. The maximum atomic E-state index is 9.36. The smallest absolute Gasteiger partial charge is 0.103 e. The maximum absolute atomic E-state index is 9.36. The van der Waals surface area contributed by atoms with E-state index >= 15 is 0 Å². The number of rotatable bonds is 9. The van der Waals surface area contributed by atoms with Crippen molar-refractivity contribution in [1.29, 1.82) is 5.26 Å². The molecule has 1 N–H and O–H groups in total. The normalized spacial score (nSPS) is 23.2. The molecule has 2 unspecified atom stereocenters. The molecule has 0 amide bonds. The molecule has 1 fully saturated rings.